The third kappa shape index (κ3) is 6.77. The van der Waals surface area contributed by atoms with Crippen molar-refractivity contribution in [1.29, 1.82) is 0 Å². The number of rotatable bonds is 9. The van der Waals surface area contributed by atoms with Gasteiger partial charge in [-0.15, -0.1) is 0 Å². The van der Waals surface area contributed by atoms with Crippen LogP contribution in [0.3, 0.4) is 0 Å². The van der Waals surface area contributed by atoms with E-state index < -0.39 is 5.97 Å². The van der Waals surface area contributed by atoms with Crippen LogP contribution < -0.4 is 14.8 Å². The van der Waals surface area contributed by atoms with Gasteiger partial charge in [0.25, 0.3) is 5.91 Å². The Balaban J connectivity index is 1.83. The molecule has 1 heterocycles. The average Bonchev–Trinajstić information content (AvgIpc) is 3.18. The zero-order valence-electron chi connectivity index (χ0n) is 15.5. The Kier molecular flexibility index (Phi) is 8.42. The summed E-state index contributed by atoms with van der Waals surface area (Å²) in [5.41, 5.74) is 0.639. The largest absolute Gasteiger partial charge is 0.493 e. The molecule has 0 saturated carbocycles. The molecule has 7 nitrogen and oxygen atoms in total. The summed E-state index contributed by atoms with van der Waals surface area (Å²) in [4.78, 5) is 23.5. The molecule has 1 saturated heterocycles. The molecule has 0 aromatic heterocycles. The topological polar surface area (TPSA) is 83.1 Å². The van der Waals surface area contributed by atoms with E-state index in [-0.39, 0.29) is 18.6 Å². The van der Waals surface area contributed by atoms with Gasteiger partial charge in [0.1, 0.15) is 0 Å². The number of hydrogen-bond acceptors (Lipinski definition) is 6. The van der Waals surface area contributed by atoms with Crippen LogP contribution in [-0.4, -0.2) is 51.5 Å². The van der Waals surface area contributed by atoms with Crippen LogP contribution in [0.5, 0.6) is 11.5 Å². The van der Waals surface area contributed by atoms with E-state index in [0.29, 0.717) is 35.2 Å². The highest BCUT2D eigenvalue weighted by atomic mass is 35.5. The number of nitrogens with one attached hydrogen (secondary N) is 1. The summed E-state index contributed by atoms with van der Waals surface area (Å²) >= 11 is 6.18. The third-order valence-corrected chi connectivity index (χ3v) is 4.13. The van der Waals surface area contributed by atoms with Gasteiger partial charge in [-0.05, 0) is 43.5 Å². The van der Waals surface area contributed by atoms with Crippen molar-refractivity contribution < 1.29 is 28.5 Å². The summed E-state index contributed by atoms with van der Waals surface area (Å²) in [6, 6.07) is 3.34. The summed E-state index contributed by atoms with van der Waals surface area (Å²) in [5.74, 6) is -0.0838. The lowest BCUT2D eigenvalue weighted by Gasteiger charge is -2.12. The van der Waals surface area contributed by atoms with Crippen LogP contribution in [0.4, 0.5) is 0 Å². The molecular formula is C19H24ClNO6. The van der Waals surface area contributed by atoms with Crippen molar-refractivity contribution in [2.24, 2.45) is 0 Å². The van der Waals surface area contributed by atoms with Crippen LogP contribution >= 0.6 is 11.6 Å². The molecule has 1 atom stereocenters. The molecule has 148 valence electrons. The number of carbonyl (C=O) groups excluding carboxylic acids is 2. The van der Waals surface area contributed by atoms with E-state index in [9.17, 15) is 9.59 Å². The van der Waals surface area contributed by atoms with E-state index in [1.54, 1.807) is 12.1 Å². The lowest BCUT2D eigenvalue weighted by molar-refractivity contribution is -0.143. The van der Waals surface area contributed by atoms with Crippen molar-refractivity contribution in [1.82, 2.24) is 5.32 Å². The van der Waals surface area contributed by atoms with Crippen molar-refractivity contribution in [3.05, 3.63) is 28.8 Å². The van der Waals surface area contributed by atoms with Crippen molar-refractivity contribution in [3.63, 3.8) is 0 Å². The van der Waals surface area contributed by atoms with Crippen LogP contribution in [0, 0.1) is 0 Å². The van der Waals surface area contributed by atoms with E-state index in [2.05, 4.69) is 5.32 Å². The molecular weight excluding hydrogens is 374 g/mol. The van der Waals surface area contributed by atoms with Crippen LogP contribution in [0.25, 0.3) is 6.08 Å². The van der Waals surface area contributed by atoms with E-state index in [1.807, 2.05) is 6.92 Å². The Labute approximate surface area is 163 Å². The summed E-state index contributed by atoms with van der Waals surface area (Å²) in [6.07, 6.45) is 4.72. The second-order valence-electron chi connectivity index (χ2n) is 5.85. The summed E-state index contributed by atoms with van der Waals surface area (Å²) in [7, 11) is 1.51. The zero-order valence-corrected chi connectivity index (χ0v) is 16.2. The van der Waals surface area contributed by atoms with Gasteiger partial charge < -0.3 is 24.3 Å². The highest BCUT2D eigenvalue weighted by Crippen LogP contribution is 2.36. The molecule has 8 heteroatoms. The monoisotopic (exact) mass is 397 g/mol. The predicted molar refractivity (Wildman–Crippen MR) is 101 cm³/mol. The zero-order chi connectivity index (χ0) is 19.6. The number of amides is 1. The Hall–Kier alpha value is -2.25. The highest BCUT2D eigenvalue weighted by Gasteiger charge is 2.16. The molecule has 1 aliphatic heterocycles. The fourth-order valence-corrected chi connectivity index (χ4v) is 2.83. The minimum absolute atomic E-state index is 0.0453. The van der Waals surface area contributed by atoms with Gasteiger partial charge >= 0.3 is 5.97 Å². The molecule has 1 N–H and O–H groups in total. The van der Waals surface area contributed by atoms with Gasteiger partial charge in [0.2, 0.25) is 0 Å². The van der Waals surface area contributed by atoms with Crippen molar-refractivity contribution in [3.8, 4) is 11.5 Å². The number of ether oxygens (including phenoxy) is 4. The fourth-order valence-electron chi connectivity index (χ4n) is 2.55. The van der Waals surface area contributed by atoms with Gasteiger partial charge in [-0.25, -0.2) is 4.79 Å². The third-order valence-electron chi connectivity index (χ3n) is 3.85. The molecule has 0 aliphatic carbocycles. The number of hydrogen-bond donors (Lipinski definition) is 1. The molecule has 1 aromatic rings. The first kappa shape index (κ1) is 21.1. The first-order valence-electron chi connectivity index (χ1n) is 8.77. The SMILES string of the molecule is CCOc1c(Cl)cc(/C=C/C(=O)OCC(=O)NC[C@H]2CCCO2)cc1OC. The smallest absolute Gasteiger partial charge is 0.331 e. The van der Waals surface area contributed by atoms with E-state index >= 15 is 0 Å². The van der Waals surface area contributed by atoms with E-state index in [0.717, 1.165) is 19.4 Å². The molecule has 1 aliphatic rings. The summed E-state index contributed by atoms with van der Waals surface area (Å²) in [5, 5.41) is 3.05. The number of carbonyl (C=O) groups is 2. The van der Waals surface area contributed by atoms with E-state index in [4.69, 9.17) is 30.5 Å². The first-order valence-corrected chi connectivity index (χ1v) is 9.14. The molecule has 1 aromatic carbocycles. The van der Waals surface area contributed by atoms with Crippen LogP contribution in [0.2, 0.25) is 5.02 Å². The Morgan fingerprint density at radius 3 is 2.89 bits per heavy atom. The van der Waals surface area contributed by atoms with Gasteiger partial charge in [-0.3, -0.25) is 4.79 Å². The normalized spacial score (nSPS) is 16.3. The fraction of sp³-hybridized carbons (Fsp3) is 0.474. The average molecular weight is 398 g/mol. The van der Waals surface area contributed by atoms with Crippen molar-refractivity contribution in [2.75, 3.05) is 33.5 Å². The molecule has 1 amide bonds. The Morgan fingerprint density at radius 1 is 1.41 bits per heavy atom. The van der Waals surface area contributed by atoms with Crippen molar-refractivity contribution in [2.45, 2.75) is 25.9 Å². The number of methoxy groups -OCH3 is 1. The molecule has 0 bridgehead atoms. The standard InChI is InChI=1S/C19H24ClNO6/c1-3-25-19-15(20)9-13(10-16(19)24-2)6-7-18(23)27-12-17(22)21-11-14-5-4-8-26-14/h6-7,9-10,14H,3-5,8,11-12H2,1-2H3,(H,21,22)/b7-6+/t14-/m1/s1. The molecule has 0 radical (unpaired) electrons. The minimum Gasteiger partial charge on any atom is -0.493 e. The van der Waals surface area contributed by atoms with Gasteiger partial charge in [0.05, 0.1) is 24.8 Å². The molecule has 0 unspecified atom stereocenters. The maximum Gasteiger partial charge on any atom is 0.331 e. The maximum absolute atomic E-state index is 11.8. The number of esters is 1. The second kappa shape index (κ2) is 10.8. The van der Waals surface area contributed by atoms with Crippen LogP contribution in [0.1, 0.15) is 25.3 Å². The Morgan fingerprint density at radius 2 is 2.22 bits per heavy atom. The number of halogens is 1. The van der Waals surface area contributed by atoms with Gasteiger partial charge in [-0.1, -0.05) is 11.6 Å². The first-order chi connectivity index (χ1) is 13.0. The maximum atomic E-state index is 11.8. The summed E-state index contributed by atoms with van der Waals surface area (Å²) < 4.78 is 21.0. The van der Waals surface area contributed by atoms with Crippen molar-refractivity contribution >= 4 is 29.6 Å². The van der Waals surface area contributed by atoms with Crippen LogP contribution in [-0.2, 0) is 19.1 Å². The number of benzene rings is 1. The molecule has 1 fully saturated rings. The van der Waals surface area contributed by atoms with Crippen LogP contribution in [0.15, 0.2) is 18.2 Å². The Bertz CT molecular complexity index is 685. The van der Waals surface area contributed by atoms with Gasteiger partial charge in [0, 0.05) is 19.2 Å². The molecule has 27 heavy (non-hydrogen) atoms. The lowest BCUT2D eigenvalue weighted by Crippen LogP contribution is -2.34. The summed E-state index contributed by atoms with van der Waals surface area (Å²) in [6.45, 7) is 3.10. The van der Waals surface area contributed by atoms with E-state index in [1.165, 1.54) is 19.3 Å². The second-order valence-corrected chi connectivity index (χ2v) is 6.25. The highest BCUT2D eigenvalue weighted by molar-refractivity contribution is 6.32. The molecule has 0 spiro atoms. The lowest BCUT2D eigenvalue weighted by atomic mass is 10.2. The minimum atomic E-state index is -0.633. The quantitative estimate of drug-likeness (QED) is 0.509. The van der Waals surface area contributed by atoms with Gasteiger partial charge in [-0.2, -0.15) is 0 Å². The predicted octanol–water partition coefficient (Wildman–Crippen LogP) is 2.60. The molecule has 2 rings (SSSR count). The van der Waals surface area contributed by atoms with Gasteiger partial charge in [0.15, 0.2) is 18.1 Å².